The van der Waals surface area contributed by atoms with Crippen LogP contribution in [0.4, 0.5) is 11.8 Å². The summed E-state index contributed by atoms with van der Waals surface area (Å²) in [6.45, 7) is 3.03. The van der Waals surface area contributed by atoms with Crippen LogP contribution in [0.5, 0.6) is 0 Å². The maximum atomic E-state index is 8.82. The van der Waals surface area contributed by atoms with E-state index in [4.69, 9.17) is 5.11 Å². The molecule has 0 saturated carbocycles. The first-order valence-electron chi connectivity index (χ1n) is 6.11. The van der Waals surface area contributed by atoms with Gasteiger partial charge in [0.05, 0.1) is 5.39 Å². The molecule has 0 aliphatic rings. The van der Waals surface area contributed by atoms with E-state index in [2.05, 4.69) is 33.6 Å². The number of thiophene rings is 1. The van der Waals surface area contributed by atoms with Gasteiger partial charge in [-0.3, -0.25) is 0 Å². The topological polar surface area (TPSA) is 70.1 Å². The maximum absolute atomic E-state index is 8.82. The Morgan fingerprint density at radius 3 is 2.89 bits per heavy atom. The van der Waals surface area contributed by atoms with Gasteiger partial charge in [0.25, 0.3) is 0 Å². The van der Waals surface area contributed by atoms with Gasteiger partial charge in [0.15, 0.2) is 0 Å². The Morgan fingerprint density at radius 1 is 1.39 bits per heavy atom. The normalized spacial score (nSPS) is 10.8. The number of aromatic nitrogens is 2. The molecule has 0 fully saturated rings. The van der Waals surface area contributed by atoms with E-state index in [1.807, 2.05) is 7.05 Å². The summed E-state index contributed by atoms with van der Waals surface area (Å²) in [5.74, 6) is 1.47. The zero-order chi connectivity index (χ0) is 13.0. The third-order valence-electron chi connectivity index (χ3n) is 2.64. The summed E-state index contributed by atoms with van der Waals surface area (Å²) < 4.78 is 0. The summed E-state index contributed by atoms with van der Waals surface area (Å²) in [5.41, 5.74) is 0. The van der Waals surface area contributed by atoms with Crippen LogP contribution >= 0.6 is 11.3 Å². The van der Waals surface area contributed by atoms with E-state index in [9.17, 15) is 0 Å². The molecule has 6 heteroatoms. The largest absolute Gasteiger partial charge is 0.396 e. The van der Waals surface area contributed by atoms with Gasteiger partial charge in [0, 0.05) is 25.1 Å². The first kappa shape index (κ1) is 13.0. The van der Waals surface area contributed by atoms with E-state index < -0.39 is 0 Å². The average molecular weight is 266 g/mol. The Hall–Kier alpha value is -1.40. The van der Waals surface area contributed by atoms with E-state index in [1.54, 1.807) is 11.3 Å². The van der Waals surface area contributed by atoms with Crippen LogP contribution in [0.2, 0.25) is 0 Å². The first-order valence-corrected chi connectivity index (χ1v) is 6.93. The molecule has 0 atom stereocenters. The number of aliphatic hydroxyl groups is 1. The van der Waals surface area contributed by atoms with Crippen LogP contribution in [0.1, 0.15) is 18.2 Å². The molecule has 2 aromatic heterocycles. The molecular formula is C12H18N4OS. The number of hydrogen-bond acceptors (Lipinski definition) is 6. The van der Waals surface area contributed by atoms with Crippen molar-refractivity contribution in [2.45, 2.75) is 19.8 Å². The molecule has 0 radical (unpaired) electrons. The third kappa shape index (κ3) is 2.70. The number of hydrogen-bond donors (Lipinski definition) is 3. The van der Waals surface area contributed by atoms with E-state index in [0.717, 1.165) is 22.5 Å². The van der Waals surface area contributed by atoms with Crippen LogP contribution in [0.3, 0.4) is 0 Å². The van der Waals surface area contributed by atoms with Crippen LogP contribution in [-0.2, 0) is 6.42 Å². The van der Waals surface area contributed by atoms with Crippen LogP contribution in [-0.4, -0.2) is 35.3 Å². The van der Waals surface area contributed by atoms with Crippen molar-refractivity contribution in [2.24, 2.45) is 0 Å². The van der Waals surface area contributed by atoms with Crippen molar-refractivity contribution < 1.29 is 5.11 Å². The van der Waals surface area contributed by atoms with Gasteiger partial charge in [-0.05, 0) is 18.9 Å². The fourth-order valence-electron chi connectivity index (χ4n) is 1.68. The lowest BCUT2D eigenvalue weighted by Gasteiger charge is -2.07. The zero-order valence-electron chi connectivity index (χ0n) is 10.7. The number of aliphatic hydroxyl groups excluding tert-OH is 1. The summed E-state index contributed by atoms with van der Waals surface area (Å²) in [7, 11) is 1.81. The number of fused-ring (bicyclic) bond motifs is 1. The monoisotopic (exact) mass is 266 g/mol. The second-order valence-electron chi connectivity index (χ2n) is 3.93. The fourth-order valence-corrected chi connectivity index (χ4v) is 2.65. The smallest absolute Gasteiger partial charge is 0.225 e. The second kappa shape index (κ2) is 5.97. The van der Waals surface area contributed by atoms with Crippen LogP contribution in [0.15, 0.2) is 6.07 Å². The molecule has 18 heavy (non-hydrogen) atoms. The van der Waals surface area contributed by atoms with Gasteiger partial charge < -0.3 is 15.7 Å². The lowest BCUT2D eigenvalue weighted by atomic mass is 10.3. The van der Waals surface area contributed by atoms with E-state index in [0.29, 0.717) is 18.9 Å². The van der Waals surface area contributed by atoms with Gasteiger partial charge in [-0.2, -0.15) is 4.98 Å². The molecule has 0 aliphatic carbocycles. The summed E-state index contributed by atoms with van der Waals surface area (Å²) in [4.78, 5) is 11.2. The summed E-state index contributed by atoms with van der Waals surface area (Å²) in [6.07, 6.45) is 1.72. The van der Waals surface area contributed by atoms with E-state index >= 15 is 0 Å². The standard InChI is InChI=1S/C12H18N4OS/c1-3-8-7-9-10(14-5-4-6-17)15-12(13-2)16-11(9)18-8/h7,17H,3-6H2,1-2H3,(H2,13,14,15,16). The Morgan fingerprint density at radius 2 is 2.22 bits per heavy atom. The lowest BCUT2D eigenvalue weighted by Crippen LogP contribution is -2.07. The van der Waals surface area contributed by atoms with Crippen LogP contribution in [0.25, 0.3) is 10.2 Å². The van der Waals surface area contributed by atoms with Crippen LogP contribution in [0, 0.1) is 0 Å². The Labute approximate surface area is 110 Å². The van der Waals surface area contributed by atoms with Crippen molar-refractivity contribution in [1.29, 1.82) is 0 Å². The van der Waals surface area contributed by atoms with Crippen molar-refractivity contribution in [3.8, 4) is 0 Å². The number of anilines is 2. The predicted octanol–water partition coefficient (Wildman–Crippen LogP) is 2.09. The zero-order valence-corrected chi connectivity index (χ0v) is 11.5. The molecule has 98 valence electrons. The minimum absolute atomic E-state index is 0.184. The van der Waals surface area contributed by atoms with Gasteiger partial charge in [0.2, 0.25) is 5.95 Å². The molecule has 0 unspecified atom stereocenters. The maximum Gasteiger partial charge on any atom is 0.225 e. The highest BCUT2D eigenvalue weighted by atomic mass is 32.1. The molecule has 0 bridgehead atoms. The van der Waals surface area contributed by atoms with Crippen molar-refractivity contribution >= 4 is 33.3 Å². The van der Waals surface area contributed by atoms with Gasteiger partial charge in [0.1, 0.15) is 10.6 Å². The van der Waals surface area contributed by atoms with Crippen LogP contribution < -0.4 is 10.6 Å². The SMILES string of the molecule is CCc1cc2c(NCCCO)nc(NC)nc2s1. The van der Waals surface area contributed by atoms with E-state index in [1.165, 1.54) is 4.88 Å². The molecule has 0 aliphatic heterocycles. The third-order valence-corrected chi connectivity index (χ3v) is 3.82. The fraction of sp³-hybridized carbons (Fsp3) is 0.500. The quantitative estimate of drug-likeness (QED) is 0.698. The molecule has 0 spiro atoms. The Balaban J connectivity index is 2.37. The molecule has 0 saturated heterocycles. The molecule has 5 nitrogen and oxygen atoms in total. The number of aryl methyl sites for hydroxylation is 1. The average Bonchev–Trinajstić information content (AvgIpc) is 2.81. The van der Waals surface area contributed by atoms with Gasteiger partial charge in [-0.15, -0.1) is 11.3 Å². The predicted molar refractivity (Wildman–Crippen MR) is 76.5 cm³/mol. The molecule has 2 rings (SSSR count). The van der Waals surface area contributed by atoms with Crippen molar-refractivity contribution in [1.82, 2.24) is 9.97 Å². The van der Waals surface area contributed by atoms with Crippen molar-refractivity contribution in [3.05, 3.63) is 10.9 Å². The summed E-state index contributed by atoms with van der Waals surface area (Å²) in [6, 6.07) is 2.14. The second-order valence-corrected chi connectivity index (χ2v) is 5.05. The Kier molecular flexibility index (Phi) is 4.33. The highest BCUT2D eigenvalue weighted by molar-refractivity contribution is 7.18. The van der Waals surface area contributed by atoms with Crippen molar-refractivity contribution in [2.75, 3.05) is 30.8 Å². The number of rotatable bonds is 6. The molecule has 0 amide bonds. The molecule has 3 N–H and O–H groups in total. The van der Waals surface area contributed by atoms with Crippen molar-refractivity contribution in [3.63, 3.8) is 0 Å². The summed E-state index contributed by atoms with van der Waals surface area (Å²) in [5, 5.41) is 16.1. The number of nitrogens with zero attached hydrogens (tertiary/aromatic N) is 2. The van der Waals surface area contributed by atoms with Gasteiger partial charge in [-0.25, -0.2) is 4.98 Å². The number of nitrogens with one attached hydrogen (secondary N) is 2. The minimum Gasteiger partial charge on any atom is -0.396 e. The Bertz CT molecular complexity index is 526. The molecule has 2 heterocycles. The van der Waals surface area contributed by atoms with E-state index in [-0.39, 0.29) is 6.61 Å². The molecule has 0 aromatic carbocycles. The van der Waals surface area contributed by atoms with Gasteiger partial charge in [-0.1, -0.05) is 6.92 Å². The highest BCUT2D eigenvalue weighted by Gasteiger charge is 2.10. The molecule has 2 aromatic rings. The first-order chi connectivity index (χ1) is 8.78. The highest BCUT2D eigenvalue weighted by Crippen LogP contribution is 2.30. The lowest BCUT2D eigenvalue weighted by molar-refractivity contribution is 0.292. The summed E-state index contributed by atoms with van der Waals surface area (Å²) >= 11 is 1.70. The van der Waals surface area contributed by atoms with Gasteiger partial charge >= 0.3 is 0 Å². The minimum atomic E-state index is 0.184. The molecular weight excluding hydrogens is 248 g/mol.